The standard InChI is InChI=1S/C15H10Cl2N2O2/c16-11-2-4-12(5-3-11)19-15(20)9-21-13-6-1-10(8-18)14(17)7-13/h1-7H,9H2,(H,19,20). The fraction of sp³-hybridized carbons (Fsp3) is 0.0667. The summed E-state index contributed by atoms with van der Waals surface area (Å²) in [5.74, 6) is 0.114. The third-order valence-electron chi connectivity index (χ3n) is 2.56. The quantitative estimate of drug-likeness (QED) is 0.929. The van der Waals surface area contributed by atoms with Crippen molar-refractivity contribution in [1.29, 1.82) is 5.26 Å². The smallest absolute Gasteiger partial charge is 0.262 e. The number of nitrogens with one attached hydrogen (secondary N) is 1. The first kappa shape index (κ1) is 15.2. The van der Waals surface area contributed by atoms with E-state index in [-0.39, 0.29) is 17.5 Å². The average Bonchev–Trinajstić information content (AvgIpc) is 2.48. The molecule has 0 bridgehead atoms. The van der Waals surface area contributed by atoms with E-state index in [2.05, 4.69) is 5.32 Å². The first-order valence-electron chi connectivity index (χ1n) is 5.96. The Bertz CT molecular complexity index is 694. The lowest BCUT2D eigenvalue weighted by Crippen LogP contribution is -2.20. The van der Waals surface area contributed by atoms with Crippen LogP contribution in [0.3, 0.4) is 0 Å². The van der Waals surface area contributed by atoms with Gasteiger partial charge in [-0.25, -0.2) is 0 Å². The van der Waals surface area contributed by atoms with E-state index in [1.54, 1.807) is 30.3 Å². The van der Waals surface area contributed by atoms with Crippen LogP contribution in [0.5, 0.6) is 5.75 Å². The topological polar surface area (TPSA) is 62.1 Å². The van der Waals surface area contributed by atoms with Gasteiger partial charge in [0, 0.05) is 16.8 Å². The number of hydrogen-bond acceptors (Lipinski definition) is 3. The van der Waals surface area contributed by atoms with Gasteiger partial charge in [0.15, 0.2) is 6.61 Å². The number of nitriles is 1. The van der Waals surface area contributed by atoms with Crippen LogP contribution in [0.1, 0.15) is 5.56 Å². The lowest BCUT2D eigenvalue weighted by molar-refractivity contribution is -0.118. The molecule has 0 saturated carbocycles. The SMILES string of the molecule is N#Cc1ccc(OCC(=O)Nc2ccc(Cl)cc2)cc1Cl. The van der Waals surface area contributed by atoms with E-state index in [0.717, 1.165) is 0 Å². The molecule has 1 N–H and O–H groups in total. The molecule has 6 heteroatoms. The molecule has 21 heavy (non-hydrogen) atoms. The zero-order valence-corrected chi connectivity index (χ0v) is 12.3. The minimum absolute atomic E-state index is 0.162. The number of anilines is 1. The molecule has 0 aliphatic rings. The average molecular weight is 321 g/mol. The molecule has 2 rings (SSSR count). The van der Waals surface area contributed by atoms with Crippen molar-refractivity contribution < 1.29 is 9.53 Å². The van der Waals surface area contributed by atoms with Gasteiger partial charge in [0.05, 0.1) is 10.6 Å². The molecule has 0 aliphatic heterocycles. The van der Waals surface area contributed by atoms with Gasteiger partial charge in [-0.2, -0.15) is 5.26 Å². The van der Waals surface area contributed by atoms with Gasteiger partial charge < -0.3 is 10.1 Å². The minimum atomic E-state index is -0.308. The van der Waals surface area contributed by atoms with E-state index in [4.69, 9.17) is 33.2 Å². The maximum absolute atomic E-state index is 11.7. The fourth-order valence-corrected chi connectivity index (χ4v) is 1.89. The summed E-state index contributed by atoms with van der Waals surface area (Å²) in [6, 6.07) is 13.3. The van der Waals surface area contributed by atoms with E-state index >= 15 is 0 Å². The Morgan fingerprint density at radius 2 is 1.90 bits per heavy atom. The maximum Gasteiger partial charge on any atom is 0.262 e. The lowest BCUT2D eigenvalue weighted by Gasteiger charge is -2.08. The molecular weight excluding hydrogens is 311 g/mol. The largest absolute Gasteiger partial charge is 0.484 e. The summed E-state index contributed by atoms with van der Waals surface area (Å²) in [5, 5.41) is 12.3. The monoisotopic (exact) mass is 320 g/mol. The lowest BCUT2D eigenvalue weighted by atomic mass is 10.2. The van der Waals surface area contributed by atoms with Gasteiger partial charge in [-0.05, 0) is 36.4 Å². The second kappa shape index (κ2) is 6.98. The second-order valence-corrected chi connectivity index (χ2v) is 4.94. The van der Waals surface area contributed by atoms with Crippen molar-refractivity contribution in [2.45, 2.75) is 0 Å². The van der Waals surface area contributed by atoms with E-state index in [1.807, 2.05) is 6.07 Å². The summed E-state index contributed by atoms with van der Waals surface area (Å²) in [7, 11) is 0. The van der Waals surface area contributed by atoms with Crippen molar-refractivity contribution >= 4 is 34.8 Å². The van der Waals surface area contributed by atoms with Gasteiger partial charge in [-0.15, -0.1) is 0 Å². The molecule has 2 aromatic carbocycles. The zero-order chi connectivity index (χ0) is 15.2. The number of carbonyl (C=O) groups is 1. The Kier molecular flexibility index (Phi) is 5.04. The highest BCUT2D eigenvalue weighted by molar-refractivity contribution is 6.31. The van der Waals surface area contributed by atoms with Crippen molar-refractivity contribution in [2.75, 3.05) is 11.9 Å². The third-order valence-corrected chi connectivity index (χ3v) is 3.12. The molecular formula is C15H10Cl2N2O2. The summed E-state index contributed by atoms with van der Waals surface area (Å²) in [4.78, 5) is 11.7. The van der Waals surface area contributed by atoms with E-state index in [0.29, 0.717) is 22.0 Å². The Morgan fingerprint density at radius 3 is 2.52 bits per heavy atom. The maximum atomic E-state index is 11.7. The molecule has 1 amide bonds. The molecule has 0 aromatic heterocycles. The summed E-state index contributed by atoms with van der Waals surface area (Å²) < 4.78 is 5.31. The summed E-state index contributed by atoms with van der Waals surface area (Å²) in [6.45, 7) is -0.162. The van der Waals surface area contributed by atoms with Gasteiger partial charge in [0.1, 0.15) is 11.8 Å². The molecule has 0 heterocycles. The highest BCUT2D eigenvalue weighted by Crippen LogP contribution is 2.21. The summed E-state index contributed by atoms with van der Waals surface area (Å²) >= 11 is 11.6. The Balaban J connectivity index is 1.91. The molecule has 2 aromatic rings. The minimum Gasteiger partial charge on any atom is -0.484 e. The van der Waals surface area contributed by atoms with Gasteiger partial charge in [-0.3, -0.25) is 4.79 Å². The normalized spacial score (nSPS) is 9.76. The van der Waals surface area contributed by atoms with Crippen molar-refractivity contribution in [1.82, 2.24) is 0 Å². The van der Waals surface area contributed by atoms with Crippen molar-refractivity contribution in [3.05, 3.63) is 58.1 Å². The van der Waals surface area contributed by atoms with E-state index in [9.17, 15) is 4.79 Å². The Morgan fingerprint density at radius 1 is 1.19 bits per heavy atom. The van der Waals surface area contributed by atoms with Crippen LogP contribution >= 0.6 is 23.2 Å². The summed E-state index contributed by atoms with van der Waals surface area (Å²) in [5.41, 5.74) is 0.987. The van der Waals surface area contributed by atoms with Gasteiger partial charge in [0.25, 0.3) is 5.91 Å². The second-order valence-electron chi connectivity index (χ2n) is 4.10. The van der Waals surface area contributed by atoms with Crippen LogP contribution in [0, 0.1) is 11.3 Å². The summed E-state index contributed by atoms with van der Waals surface area (Å²) in [6.07, 6.45) is 0. The number of rotatable bonds is 4. The highest BCUT2D eigenvalue weighted by Gasteiger charge is 2.06. The number of halogens is 2. The molecule has 0 radical (unpaired) electrons. The first-order valence-corrected chi connectivity index (χ1v) is 6.72. The first-order chi connectivity index (χ1) is 10.1. The van der Waals surface area contributed by atoms with E-state index in [1.165, 1.54) is 12.1 Å². The highest BCUT2D eigenvalue weighted by atomic mass is 35.5. The van der Waals surface area contributed by atoms with Crippen molar-refractivity contribution in [3.8, 4) is 11.8 Å². The third kappa shape index (κ3) is 4.38. The molecule has 0 spiro atoms. The van der Waals surface area contributed by atoms with Crippen LogP contribution in [-0.4, -0.2) is 12.5 Å². The predicted octanol–water partition coefficient (Wildman–Crippen LogP) is 3.88. The molecule has 4 nitrogen and oxygen atoms in total. The van der Waals surface area contributed by atoms with Gasteiger partial charge in [0.2, 0.25) is 0 Å². The van der Waals surface area contributed by atoms with Crippen LogP contribution in [0.15, 0.2) is 42.5 Å². The number of amides is 1. The Hall–Kier alpha value is -2.22. The van der Waals surface area contributed by atoms with Crippen molar-refractivity contribution in [2.24, 2.45) is 0 Å². The number of hydrogen-bond donors (Lipinski definition) is 1. The van der Waals surface area contributed by atoms with Crippen molar-refractivity contribution in [3.63, 3.8) is 0 Å². The number of carbonyl (C=O) groups excluding carboxylic acids is 1. The molecule has 0 unspecified atom stereocenters. The van der Waals surface area contributed by atoms with Crippen LogP contribution in [0.4, 0.5) is 5.69 Å². The number of benzene rings is 2. The van der Waals surface area contributed by atoms with Crippen LogP contribution in [-0.2, 0) is 4.79 Å². The van der Waals surface area contributed by atoms with E-state index < -0.39 is 0 Å². The molecule has 0 atom stereocenters. The zero-order valence-electron chi connectivity index (χ0n) is 10.8. The van der Waals surface area contributed by atoms with Gasteiger partial charge in [-0.1, -0.05) is 23.2 Å². The number of ether oxygens (including phenoxy) is 1. The molecule has 0 saturated heterocycles. The Labute approximate surface area is 131 Å². The predicted molar refractivity (Wildman–Crippen MR) is 81.7 cm³/mol. The molecule has 106 valence electrons. The van der Waals surface area contributed by atoms with Crippen LogP contribution in [0.2, 0.25) is 10.0 Å². The van der Waals surface area contributed by atoms with Crippen LogP contribution in [0.25, 0.3) is 0 Å². The number of nitrogens with zero attached hydrogens (tertiary/aromatic N) is 1. The van der Waals surface area contributed by atoms with Crippen LogP contribution < -0.4 is 10.1 Å². The van der Waals surface area contributed by atoms with Gasteiger partial charge >= 0.3 is 0 Å². The molecule has 0 aliphatic carbocycles. The molecule has 0 fully saturated rings. The fourth-order valence-electron chi connectivity index (χ4n) is 1.56.